The molecule has 0 aliphatic carbocycles. The molecule has 0 fully saturated rings. The normalized spacial score (nSPS) is 11.8. The van der Waals surface area contributed by atoms with Crippen LogP contribution in [0.2, 0.25) is 10.0 Å². The quantitative estimate of drug-likeness (QED) is 0.293. The molecule has 3 aromatic carbocycles. The van der Waals surface area contributed by atoms with Crippen molar-refractivity contribution >= 4 is 46.8 Å². The largest absolute Gasteiger partial charge is 0.352 e. The van der Waals surface area contributed by atoms with E-state index in [-0.39, 0.29) is 23.6 Å². The summed E-state index contributed by atoms with van der Waals surface area (Å²) in [6, 6.07) is 22.6. The first-order valence-corrected chi connectivity index (χ1v) is 13.9. The van der Waals surface area contributed by atoms with Crippen LogP contribution in [0.4, 0.5) is 0 Å². The predicted molar refractivity (Wildman–Crippen MR) is 152 cm³/mol. The molecule has 0 aliphatic heterocycles. The molecule has 0 heterocycles. The summed E-state index contributed by atoms with van der Waals surface area (Å²) in [5, 5.41) is 4.03. The molecule has 0 aliphatic rings. The lowest BCUT2D eigenvalue weighted by Gasteiger charge is -2.32. The lowest BCUT2D eigenvalue weighted by atomic mass is 10.0. The zero-order valence-corrected chi connectivity index (χ0v) is 23.2. The van der Waals surface area contributed by atoms with E-state index in [1.54, 1.807) is 11.0 Å². The number of carbonyl (C=O) groups is 2. The molecular weight excluding hydrogens is 511 g/mol. The molecule has 0 spiro atoms. The van der Waals surface area contributed by atoms with Gasteiger partial charge in [0.15, 0.2) is 0 Å². The first-order valence-electron chi connectivity index (χ1n) is 11.9. The number of carbonyl (C=O) groups excluding carboxylic acids is 2. The molecule has 0 unspecified atom stereocenters. The van der Waals surface area contributed by atoms with Gasteiger partial charge in [0, 0.05) is 24.8 Å². The van der Waals surface area contributed by atoms with Crippen LogP contribution in [0.3, 0.4) is 0 Å². The van der Waals surface area contributed by atoms with Crippen LogP contribution in [0.5, 0.6) is 0 Å². The Bertz CT molecular complexity index is 1170. The van der Waals surface area contributed by atoms with E-state index in [2.05, 4.69) is 5.32 Å². The summed E-state index contributed by atoms with van der Waals surface area (Å²) in [6.07, 6.45) is 0.439. The molecule has 0 radical (unpaired) electrons. The third-order valence-electron chi connectivity index (χ3n) is 5.78. The van der Waals surface area contributed by atoms with Crippen molar-refractivity contribution in [3.8, 4) is 0 Å². The SMILES string of the molecule is Cc1ccccc1CN(C(=O)CSCc1ccc(Cl)c(Cl)c1)[C@@H](Cc1ccccc1)C(=O)NC(C)C. The minimum Gasteiger partial charge on any atom is -0.352 e. The summed E-state index contributed by atoms with van der Waals surface area (Å²) in [4.78, 5) is 28.8. The van der Waals surface area contributed by atoms with Crippen LogP contribution in [0.25, 0.3) is 0 Å². The third kappa shape index (κ3) is 8.29. The molecule has 1 atom stereocenters. The summed E-state index contributed by atoms with van der Waals surface area (Å²) in [6.45, 7) is 6.25. The van der Waals surface area contributed by atoms with Gasteiger partial charge in [-0.2, -0.15) is 0 Å². The van der Waals surface area contributed by atoms with Crippen molar-refractivity contribution in [2.45, 2.75) is 51.6 Å². The monoisotopic (exact) mass is 542 g/mol. The minimum atomic E-state index is -0.632. The highest BCUT2D eigenvalue weighted by Crippen LogP contribution is 2.25. The first kappa shape index (κ1) is 28.1. The molecule has 0 bridgehead atoms. The summed E-state index contributed by atoms with van der Waals surface area (Å²) < 4.78 is 0. The first-order chi connectivity index (χ1) is 17.2. The lowest BCUT2D eigenvalue weighted by Crippen LogP contribution is -2.52. The fourth-order valence-corrected chi connectivity index (χ4v) is 5.05. The number of nitrogens with zero attached hydrogens (tertiary/aromatic N) is 1. The number of amides is 2. The second-order valence-electron chi connectivity index (χ2n) is 9.06. The van der Waals surface area contributed by atoms with Gasteiger partial charge < -0.3 is 10.2 Å². The summed E-state index contributed by atoms with van der Waals surface area (Å²) in [7, 11) is 0. The minimum absolute atomic E-state index is 0.0322. The van der Waals surface area contributed by atoms with Crippen LogP contribution in [0, 0.1) is 6.92 Å². The predicted octanol–water partition coefficient (Wildman–Crippen LogP) is 6.70. The lowest BCUT2D eigenvalue weighted by molar-refractivity contribution is -0.139. The second kappa shape index (κ2) is 13.7. The fourth-order valence-electron chi connectivity index (χ4n) is 3.87. The molecule has 0 aromatic heterocycles. The number of benzene rings is 3. The van der Waals surface area contributed by atoms with Crippen molar-refractivity contribution in [2.24, 2.45) is 0 Å². The van der Waals surface area contributed by atoms with Crippen molar-refractivity contribution in [1.29, 1.82) is 0 Å². The Labute approximate surface area is 228 Å². The van der Waals surface area contributed by atoms with E-state index in [0.717, 1.165) is 22.3 Å². The van der Waals surface area contributed by atoms with E-state index in [0.29, 0.717) is 28.8 Å². The Morgan fingerprint density at radius 3 is 2.28 bits per heavy atom. The number of rotatable bonds is 11. The summed E-state index contributed by atoms with van der Waals surface area (Å²) in [5.74, 6) is 0.628. The number of hydrogen-bond acceptors (Lipinski definition) is 3. The number of thioether (sulfide) groups is 1. The Kier molecular flexibility index (Phi) is 10.7. The average molecular weight is 544 g/mol. The van der Waals surface area contributed by atoms with Crippen molar-refractivity contribution in [1.82, 2.24) is 10.2 Å². The van der Waals surface area contributed by atoms with Gasteiger partial charge in [-0.15, -0.1) is 11.8 Å². The molecule has 1 N–H and O–H groups in total. The van der Waals surface area contributed by atoms with Crippen molar-refractivity contribution in [2.75, 3.05) is 5.75 Å². The summed E-state index contributed by atoms with van der Waals surface area (Å²) in [5.41, 5.74) is 4.11. The molecule has 3 aromatic rings. The standard InChI is InChI=1S/C29H32Cl2N2O2S/c1-20(2)32-29(35)27(16-22-10-5-4-6-11-22)33(17-24-12-8-7-9-21(24)3)28(34)19-36-18-23-13-14-25(30)26(31)15-23/h4-15,20,27H,16-19H2,1-3H3,(H,32,35)/t27-/m0/s1. The van der Waals surface area contributed by atoms with E-state index in [4.69, 9.17) is 23.2 Å². The van der Waals surface area contributed by atoms with Crippen molar-refractivity contribution < 1.29 is 9.59 Å². The molecule has 0 saturated carbocycles. The van der Waals surface area contributed by atoms with Crippen LogP contribution < -0.4 is 5.32 Å². The van der Waals surface area contributed by atoms with Crippen molar-refractivity contribution in [3.05, 3.63) is 105 Å². The molecule has 4 nitrogen and oxygen atoms in total. The van der Waals surface area contributed by atoms with E-state index < -0.39 is 6.04 Å². The van der Waals surface area contributed by atoms with Gasteiger partial charge in [0.2, 0.25) is 11.8 Å². The zero-order chi connectivity index (χ0) is 26.1. The molecule has 0 saturated heterocycles. The summed E-state index contributed by atoms with van der Waals surface area (Å²) >= 11 is 13.7. The van der Waals surface area contributed by atoms with Crippen LogP contribution in [-0.2, 0) is 28.3 Å². The molecule has 36 heavy (non-hydrogen) atoms. The third-order valence-corrected chi connectivity index (χ3v) is 7.51. The maximum atomic E-state index is 13.7. The second-order valence-corrected chi connectivity index (χ2v) is 10.9. The van der Waals surface area contributed by atoms with Crippen LogP contribution in [-0.4, -0.2) is 34.6 Å². The Morgan fingerprint density at radius 1 is 0.917 bits per heavy atom. The molecule has 3 rings (SSSR count). The molecule has 190 valence electrons. The smallest absolute Gasteiger partial charge is 0.243 e. The average Bonchev–Trinajstić information content (AvgIpc) is 2.84. The highest BCUT2D eigenvalue weighted by molar-refractivity contribution is 7.99. The van der Waals surface area contributed by atoms with Gasteiger partial charge in [-0.1, -0.05) is 83.9 Å². The Morgan fingerprint density at radius 2 is 1.61 bits per heavy atom. The fraction of sp³-hybridized carbons (Fsp3) is 0.310. The number of aryl methyl sites for hydroxylation is 1. The molecular formula is C29H32Cl2N2O2S. The number of hydrogen-bond donors (Lipinski definition) is 1. The van der Waals surface area contributed by atoms with Gasteiger partial charge >= 0.3 is 0 Å². The molecule has 2 amide bonds. The van der Waals surface area contributed by atoms with Gasteiger partial charge in [0.1, 0.15) is 6.04 Å². The van der Waals surface area contributed by atoms with Gasteiger partial charge in [-0.05, 0) is 55.2 Å². The van der Waals surface area contributed by atoms with Crippen LogP contribution >= 0.6 is 35.0 Å². The molecule has 7 heteroatoms. The van der Waals surface area contributed by atoms with Crippen molar-refractivity contribution in [3.63, 3.8) is 0 Å². The Hall–Kier alpha value is -2.47. The van der Waals surface area contributed by atoms with Crippen LogP contribution in [0.15, 0.2) is 72.8 Å². The number of halogens is 2. The van der Waals surface area contributed by atoms with E-state index >= 15 is 0 Å². The van der Waals surface area contributed by atoms with Gasteiger partial charge in [-0.3, -0.25) is 9.59 Å². The van der Waals surface area contributed by atoms with E-state index in [1.165, 1.54) is 11.8 Å². The van der Waals surface area contributed by atoms with Gasteiger partial charge in [-0.25, -0.2) is 0 Å². The highest BCUT2D eigenvalue weighted by atomic mass is 35.5. The maximum Gasteiger partial charge on any atom is 0.243 e. The van der Waals surface area contributed by atoms with E-state index in [1.807, 2.05) is 87.5 Å². The van der Waals surface area contributed by atoms with Crippen LogP contribution in [0.1, 0.15) is 36.1 Å². The zero-order valence-electron chi connectivity index (χ0n) is 20.8. The van der Waals surface area contributed by atoms with Gasteiger partial charge in [0.25, 0.3) is 0 Å². The highest BCUT2D eigenvalue weighted by Gasteiger charge is 2.30. The van der Waals surface area contributed by atoms with E-state index in [9.17, 15) is 9.59 Å². The number of nitrogens with one attached hydrogen (secondary N) is 1. The van der Waals surface area contributed by atoms with Gasteiger partial charge in [0.05, 0.1) is 15.8 Å². The topological polar surface area (TPSA) is 49.4 Å². The Balaban J connectivity index is 1.85. The maximum absolute atomic E-state index is 13.7.